The highest BCUT2D eigenvalue weighted by Crippen LogP contribution is 2.32. The number of nitrogens with zero attached hydrogens (tertiary/aromatic N) is 1. The van der Waals surface area contributed by atoms with E-state index in [-0.39, 0.29) is 17.6 Å². The van der Waals surface area contributed by atoms with Crippen LogP contribution < -0.4 is 0 Å². The van der Waals surface area contributed by atoms with Crippen LogP contribution in [-0.4, -0.2) is 25.9 Å². The van der Waals surface area contributed by atoms with Crippen LogP contribution in [0.3, 0.4) is 0 Å². The molecule has 0 N–H and O–H groups in total. The van der Waals surface area contributed by atoms with Crippen LogP contribution in [0, 0.1) is 5.92 Å². The van der Waals surface area contributed by atoms with E-state index in [0.717, 1.165) is 12.8 Å². The van der Waals surface area contributed by atoms with E-state index in [1.165, 1.54) is 11.3 Å². The van der Waals surface area contributed by atoms with Crippen molar-refractivity contribution in [2.45, 2.75) is 23.5 Å². The van der Waals surface area contributed by atoms with Crippen LogP contribution in [0.25, 0.3) is 0 Å². The molecule has 18 heavy (non-hydrogen) atoms. The molecule has 0 unspecified atom stereocenters. The first-order valence-electron chi connectivity index (χ1n) is 5.66. The second kappa shape index (κ2) is 4.17. The normalized spacial score (nSPS) is 23.7. The van der Waals surface area contributed by atoms with Crippen molar-refractivity contribution in [2.24, 2.45) is 11.1 Å². The predicted octanol–water partition coefficient (Wildman–Crippen LogP) is 1.58. The Labute approximate surface area is 108 Å². The first-order chi connectivity index (χ1) is 8.58. The Bertz CT molecular complexity index is 625. The van der Waals surface area contributed by atoms with Gasteiger partial charge < -0.3 is 4.84 Å². The summed E-state index contributed by atoms with van der Waals surface area (Å²) in [6.07, 6.45) is 2.02. The van der Waals surface area contributed by atoms with E-state index in [1.807, 2.05) is 0 Å². The Morgan fingerprint density at radius 1 is 1.44 bits per heavy atom. The quantitative estimate of drug-likeness (QED) is 0.611. The minimum absolute atomic E-state index is 0.0105. The Morgan fingerprint density at radius 2 is 2.22 bits per heavy atom. The summed E-state index contributed by atoms with van der Waals surface area (Å²) in [6, 6.07) is 1.71. The number of carbonyl (C=O) groups excluding carboxylic acids is 1. The van der Waals surface area contributed by atoms with Gasteiger partial charge in [0, 0.05) is 12.0 Å². The molecular weight excluding hydrogens is 274 g/mol. The van der Waals surface area contributed by atoms with Crippen molar-refractivity contribution < 1.29 is 18.0 Å². The van der Waals surface area contributed by atoms with Crippen molar-refractivity contribution in [2.75, 3.05) is 5.75 Å². The van der Waals surface area contributed by atoms with Gasteiger partial charge in [-0.2, -0.15) is 0 Å². The number of sulfone groups is 1. The second-order valence-corrected chi connectivity index (χ2v) is 7.63. The third-order valence-corrected chi connectivity index (χ3v) is 6.27. The van der Waals surface area contributed by atoms with E-state index < -0.39 is 9.84 Å². The first kappa shape index (κ1) is 11.9. The summed E-state index contributed by atoms with van der Waals surface area (Å²) in [5.74, 6) is -0.295. The van der Waals surface area contributed by atoms with E-state index in [2.05, 4.69) is 5.16 Å². The van der Waals surface area contributed by atoms with Gasteiger partial charge in [0.25, 0.3) is 0 Å². The van der Waals surface area contributed by atoms with Crippen LogP contribution in [0.1, 0.15) is 24.8 Å². The third kappa shape index (κ3) is 2.08. The second-order valence-electron chi connectivity index (χ2n) is 4.41. The topological polar surface area (TPSA) is 72.8 Å². The van der Waals surface area contributed by atoms with Crippen molar-refractivity contribution in [3.05, 3.63) is 17.0 Å². The number of thiophene rings is 1. The number of hydrogen-bond donors (Lipinski definition) is 0. The molecule has 1 saturated carbocycles. The van der Waals surface area contributed by atoms with Gasteiger partial charge in [0.15, 0.2) is 9.84 Å². The Kier molecular flexibility index (Phi) is 2.74. The zero-order valence-corrected chi connectivity index (χ0v) is 11.1. The molecule has 1 fully saturated rings. The van der Waals surface area contributed by atoms with Crippen LogP contribution >= 0.6 is 11.3 Å². The molecule has 1 aromatic heterocycles. The van der Waals surface area contributed by atoms with Crippen LogP contribution in [0.4, 0.5) is 0 Å². The number of hydrogen-bond acceptors (Lipinski definition) is 6. The van der Waals surface area contributed by atoms with Gasteiger partial charge in [-0.3, -0.25) is 0 Å². The third-order valence-electron chi connectivity index (χ3n) is 2.99. The lowest BCUT2D eigenvalue weighted by Crippen LogP contribution is -2.20. The lowest BCUT2D eigenvalue weighted by Gasteiger charge is -2.13. The molecule has 5 nitrogen and oxygen atoms in total. The molecule has 0 bridgehead atoms. The van der Waals surface area contributed by atoms with Crippen LogP contribution in [-0.2, 0) is 19.5 Å². The molecule has 1 aliphatic carbocycles. The molecule has 96 valence electrons. The predicted molar refractivity (Wildman–Crippen MR) is 66.3 cm³/mol. The van der Waals surface area contributed by atoms with Crippen molar-refractivity contribution >= 4 is 32.9 Å². The molecule has 0 amide bonds. The average Bonchev–Trinajstić information content (AvgIpc) is 3.05. The molecule has 2 aliphatic rings. The van der Waals surface area contributed by atoms with Gasteiger partial charge in [0.05, 0.1) is 17.4 Å². The van der Waals surface area contributed by atoms with E-state index in [0.29, 0.717) is 21.9 Å². The summed E-state index contributed by atoms with van der Waals surface area (Å²) in [7, 11) is -3.18. The van der Waals surface area contributed by atoms with Crippen molar-refractivity contribution in [3.63, 3.8) is 0 Å². The standard InChI is InChI=1S/C11H11NO4S2/c13-10(7-1-2-7)16-12-9-4-6-18(14,15)11-8(9)3-5-17-11/h3,5,7H,1-2,4,6H2/b12-9-. The highest BCUT2D eigenvalue weighted by atomic mass is 32.2. The maximum absolute atomic E-state index is 11.8. The Balaban J connectivity index is 1.86. The van der Waals surface area contributed by atoms with Crippen LogP contribution in [0.2, 0.25) is 0 Å². The van der Waals surface area contributed by atoms with E-state index in [1.54, 1.807) is 11.4 Å². The molecule has 0 radical (unpaired) electrons. The summed E-state index contributed by atoms with van der Waals surface area (Å²) >= 11 is 1.18. The number of rotatable bonds is 2. The molecule has 0 spiro atoms. The minimum atomic E-state index is -3.18. The largest absolute Gasteiger partial charge is 0.338 e. The highest BCUT2D eigenvalue weighted by molar-refractivity contribution is 7.93. The summed E-state index contributed by atoms with van der Waals surface area (Å²) in [5.41, 5.74) is 1.13. The van der Waals surface area contributed by atoms with Gasteiger partial charge in [-0.25, -0.2) is 13.2 Å². The molecule has 0 atom stereocenters. The van der Waals surface area contributed by atoms with Gasteiger partial charge in [-0.15, -0.1) is 11.3 Å². The van der Waals surface area contributed by atoms with Crippen molar-refractivity contribution in [3.8, 4) is 0 Å². The molecule has 3 rings (SSSR count). The fraction of sp³-hybridized carbons (Fsp3) is 0.455. The molecule has 1 aromatic rings. The van der Waals surface area contributed by atoms with Crippen molar-refractivity contribution in [1.82, 2.24) is 0 Å². The highest BCUT2D eigenvalue weighted by Gasteiger charge is 2.33. The maximum atomic E-state index is 11.8. The van der Waals surface area contributed by atoms with Gasteiger partial charge in [-0.1, -0.05) is 5.16 Å². The Morgan fingerprint density at radius 3 is 2.94 bits per heavy atom. The van der Waals surface area contributed by atoms with Gasteiger partial charge in [0.2, 0.25) is 0 Å². The lowest BCUT2D eigenvalue weighted by atomic mass is 10.1. The molecule has 0 aromatic carbocycles. The summed E-state index contributed by atoms with van der Waals surface area (Å²) in [5, 5.41) is 5.55. The minimum Gasteiger partial charge on any atom is -0.318 e. The summed E-state index contributed by atoms with van der Waals surface area (Å²) < 4.78 is 23.9. The number of carbonyl (C=O) groups is 1. The number of fused-ring (bicyclic) bond motifs is 1. The zero-order valence-electron chi connectivity index (χ0n) is 9.46. The molecule has 1 aliphatic heterocycles. The van der Waals surface area contributed by atoms with Crippen molar-refractivity contribution in [1.29, 1.82) is 0 Å². The van der Waals surface area contributed by atoms with Crippen LogP contribution in [0.15, 0.2) is 20.8 Å². The zero-order chi connectivity index (χ0) is 12.8. The van der Waals surface area contributed by atoms with E-state index >= 15 is 0 Å². The van der Waals surface area contributed by atoms with E-state index in [4.69, 9.17) is 4.84 Å². The number of oxime groups is 1. The van der Waals surface area contributed by atoms with Gasteiger partial charge in [0.1, 0.15) is 4.21 Å². The SMILES string of the molecule is O=C(O/N=C1/CCS(=O)(=O)c2sccc21)C1CC1. The van der Waals surface area contributed by atoms with Gasteiger partial charge >= 0.3 is 5.97 Å². The first-order valence-corrected chi connectivity index (χ1v) is 8.19. The fourth-order valence-electron chi connectivity index (χ4n) is 1.80. The summed E-state index contributed by atoms with van der Waals surface area (Å²) in [4.78, 5) is 16.2. The molecule has 0 saturated heterocycles. The summed E-state index contributed by atoms with van der Waals surface area (Å²) in [6.45, 7) is 0. The Hall–Kier alpha value is -1.21. The average molecular weight is 285 g/mol. The smallest absolute Gasteiger partial charge is 0.318 e. The monoisotopic (exact) mass is 285 g/mol. The fourth-order valence-corrected chi connectivity index (χ4v) is 4.61. The molecular formula is C11H11NO4S2. The molecule has 7 heteroatoms. The lowest BCUT2D eigenvalue weighted by molar-refractivity contribution is -0.145. The molecule has 2 heterocycles. The van der Waals surface area contributed by atoms with Crippen LogP contribution in [0.5, 0.6) is 0 Å². The van der Waals surface area contributed by atoms with E-state index in [9.17, 15) is 13.2 Å². The maximum Gasteiger partial charge on any atom is 0.338 e. The van der Waals surface area contributed by atoms with Gasteiger partial charge in [-0.05, 0) is 24.3 Å².